The zero-order valence-electron chi connectivity index (χ0n) is 20.4. The van der Waals surface area contributed by atoms with E-state index in [1.54, 1.807) is 19.2 Å². The molecular formula is C26H36N4O3. The smallest absolute Gasteiger partial charge is 0.339 e. The Balaban J connectivity index is 1.62. The first kappa shape index (κ1) is 24.7. The number of hydrogen-bond acceptors (Lipinski definition) is 6. The molecule has 1 amide bonds. The lowest BCUT2D eigenvalue weighted by Crippen LogP contribution is -2.44. The van der Waals surface area contributed by atoms with Gasteiger partial charge in [0.15, 0.2) is 0 Å². The molecule has 0 aliphatic carbocycles. The number of hydrogen-bond donors (Lipinski definition) is 1. The highest BCUT2D eigenvalue weighted by atomic mass is 16.5. The Labute approximate surface area is 197 Å². The number of amides is 1. The maximum atomic E-state index is 13.1. The van der Waals surface area contributed by atoms with Crippen molar-refractivity contribution in [2.75, 3.05) is 43.0 Å². The molecule has 1 unspecified atom stereocenters. The number of pyridine rings is 1. The summed E-state index contributed by atoms with van der Waals surface area (Å²) in [6, 6.07) is 9.55. The van der Waals surface area contributed by atoms with E-state index in [9.17, 15) is 9.59 Å². The van der Waals surface area contributed by atoms with Gasteiger partial charge in [-0.3, -0.25) is 9.69 Å². The van der Waals surface area contributed by atoms with Crippen LogP contribution in [0.3, 0.4) is 0 Å². The minimum atomic E-state index is -0.354. The zero-order chi connectivity index (χ0) is 24.0. The predicted octanol–water partition coefficient (Wildman–Crippen LogP) is 4.23. The third kappa shape index (κ3) is 6.11. The monoisotopic (exact) mass is 452 g/mol. The molecule has 0 bridgehead atoms. The van der Waals surface area contributed by atoms with E-state index in [1.807, 2.05) is 32.0 Å². The number of carbonyl (C=O) groups is 2. The number of rotatable bonds is 7. The van der Waals surface area contributed by atoms with Crippen LogP contribution in [0.5, 0.6) is 0 Å². The minimum absolute atomic E-state index is 0.0246. The quantitative estimate of drug-likeness (QED) is 0.634. The van der Waals surface area contributed by atoms with Crippen LogP contribution in [0.25, 0.3) is 0 Å². The summed E-state index contributed by atoms with van der Waals surface area (Å²) in [6.45, 7) is 13.7. The fraction of sp³-hybridized carbons (Fsp3) is 0.500. The Hall–Kier alpha value is -2.93. The van der Waals surface area contributed by atoms with Crippen molar-refractivity contribution in [3.8, 4) is 0 Å². The topological polar surface area (TPSA) is 74.8 Å². The van der Waals surface area contributed by atoms with Crippen LogP contribution in [-0.4, -0.2) is 60.6 Å². The highest BCUT2D eigenvalue weighted by molar-refractivity contribution is 5.96. The van der Waals surface area contributed by atoms with Crippen molar-refractivity contribution in [2.24, 2.45) is 0 Å². The normalized spacial score (nSPS) is 15.8. The van der Waals surface area contributed by atoms with E-state index in [2.05, 4.69) is 40.0 Å². The van der Waals surface area contributed by atoms with Gasteiger partial charge in [-0.15, -0.1) is 0 Å². The Bertz CT molecular complexity index is 959. The molecule has 0 radical (unpaired) electrons. The molecule has 1 fully saturated rings. The van der Waals surface area contributed by atoms with Gasteiger partial charge in [-0.05, 0) is 56.4 Å². The van der Waals surface area contributed by atoms with Crippen molar-refractivity contribution < 1.29 is 14.3 Å². The fourth-order valence-corrected chi connectivity index (χ4v) is 4.20. The number of carbonyl (C=O) groups excluding carboxylic acids is 2. The van der Waals surface area contributed by atoms with Gasteiger partial charge in [-0.25, -0.2) is 9.78 Å². The summed E-state index contributed by atoms with van der Waals surface area (Å²) in [5.74, 6) is 0.845. The lowest BCUT2D eigenvalue weighted by atomic mass is 9.98. The van der Waals surface area contributed by atoms with Gasteiger partial charge in [0, 0.05) is 38.1 Å². The van der Waals surface area contributed by atoms with Crippen molar-refractivity contribution in [3.05, 3.63) is 53.2 Å². The molecule has 3 rings (SSSR count). The van der Waals surface area contributed by atoms with E-state index >= 15 is 0 Å². The molecule has 1 aliphatic heterocycles. The first-order valence-electron chi connectivity index (χ1n) is 11.8. The minimum Gasteiger partial charge on any atom is -0.462 e. The molecule has 7 heteroatoms. The van der Waals surface area contributed by atoms with Crippen molar-refractivity contribution in [3.63, 3.8) is 0 Å². The number of aryl methyl sites for hydroxylation is 1. The molecule has 1 saturated heterocycles. The maximum absolute atomic E-state index is 13.1. The highest BCUT2D eigenvalue weighted by Crippen LogP contribution is 2.28. The summed E-state index contributed by atoms with van der Waals surface area (Å²) < 4.78 is 5.03. The van der Waals surface area contributed by atoms with Crippen LogP contribution < -0.4 is 10.2 Å². The number of nitrogens with zero attached hydrogens (tertiary/aromatic N) is 3. The Morgan fingerprint density at radius 3 is 2.55 bits per heavy atom. The summed E-state index contributed by atoms with van der Waals surface area (Å²) in [5, 5.41) is 3.20. The molecule has 33 heavy (non-hydrogen) atoms. The van der Waals surface area contributed by atoms with Crippen molar-refractivity contribution in [2.45, 2.75) is 53.0 Å². The molecule has 1 aliphatic rings. The molecule has 2 aromatic rings. The number of ether oxygens (including phenoxy) is 1. The average molecular weight is 453 g/mol. The molecule has 0 saturated carbocycles. The third-order valence-corrected chi connectivity index (χ3v) is 6.22. The summed E-state index contributed by atoms with van der Waals surface area (Å²) in [5.41, 5.74) is 3.64. The number of para-hydroxylation sites is 1. The van der Waals surface area contributed by atoms with Gasteiger partial charge in [0.05, 0.1) is 18.2 Å². The SMILES string of the molecule is CCOC(=O)c1ccc(N2CCCN(C(C)C(=O)Nc3c(C)cccc3C(C)C)CC2)nc1. The lowest BCUT2D eigenvalue weighted by molar-refractivity contribution is -0.120. The Morgan fingerprint density at radius 2 is 1.88 bits per heavy atom. The van der Waals surface area contributed by atoms with Crippen LogP contribution >= 0.6 is 0 Å². The average Bonchev–Trinajstić information content (AvgIpc) is 3.06. The van der Waals surface area contributed by atoms with Crippen LogP contribution in [0.4, 0.5) is 11.5 Å². The van der Waals surface area contributed by atoms with Gasteiger partial charge >= 0.3 is 5.97 Å². The Morgan fingerprint density at radius 1 is 1.09 bits per heavy atom. The van der Waals surface area contributed by atoms with Gasteiger partial charge in [0.1, 0.15) is 5.82 Å². The van der Waals surface area contributed by atoms with E-state index < -0.39 is 0 Å². The molecule has 1 N–H and O–H groups in total. The second-order valence-electron chi connectivity index (χ2n) is 8.86. The van der Waals surface area contributed by atoms with Gasteiger partial charge < -0.3 is 15.0 Å². The summed E-state index contributed by atoms with van der Waals surface area (Å²) >= 11 is 0. The number of anilines is 2. The maximum Gasteiger partial charge on any atom is 0.339 e. The molecule has 7 nitrogen and oxygen atoms in total. The molecule has 2 heterocycles. The van der Waals surface area contributed by atoms with Crippen molar-refractivity contribution in [1.82, 2.24) is 9.88 Å². The van der Waals surface area contributed by atoms with Crippen LogP contribution in [0, 0.1) is 6.92 Å². The first-order chi connectivity index (χ1) is 15.8. The van der Waals surface area contributed by atoms with Crippen molar-refractivity contribution >= 4 is 23.4 Å². The van der Waals surface area contributed by atoms with Crippen LogP contribution in [-0.2, 0) is 9.53 Å². The largest absolute Gasteiger partial charge is 0.462 e. The van der Waals surface area contributed by atoms with E-state index in [-0.39, 0.29) is 17.9 Å². The number of aromatic nitrogens is 1. The third-order valence-electron chi connectivity index (χ3n) is 6.22. The summed E-state index contributed by atoms with van der Waals surface area (Å²) in [4.78, 5) is 33.9. The molecular weight excluding hydrogens is 416 g/mol. The van der Waals surface area contributed by atoms with E-state index in [0.29, 0.717) is 18.1 Å². The summed E-state index contributed by atoms with van der Waals surface area (Å²) in [6.07, 6.45) is 2.50. The zero-order valence-corrected chi connectivity index (χ0v) is 20.4. The number of esters is 1. The van der Waals surface area contributed by atoms with Gasteiger partial charge in [-0.2, -0.15) is 0 Å². The Kier molecular flexibility index (Phi) is 8.44. The predicted molar refractivity (Wildman–Crippen MR) is 132 cm³/mol. The second kappa shape index (κ2) is 11.3. The summed E-state index contributed by atoms with van der Waals surface area (Å²) in [7, 11) is 0. The molecule has 1 aromatic carbocycles. The second-order valence-corrected chi connectivity index (χ2v) is 8.86. The molecule has 0 spiro atoms. The van der Waals surface area contributed by atoms with E-state index in [0.717, 1.165) is 55.2 Å². The van der Waals surface area contributed by atoms with Crippen LogP contribution in [0.1, 0.15) is 61.5 Å². The molecule has 1 atom stereocenters. The number of benzene rings is 1. The molecule has 1 aromatic heterocycles. The lowest BCUT2D eigenvalue weighted by Gasteiger charge is -2.28. The van der Waals surface area contributed by atoms with Crippen LogP contribution in [0.2, 0.25) is 0 Å². The standard InChI is InChI=1S/C26H36N4O3/c1-6-33-26(32)21-11-12-23(27-17-21)30-14-8-13-29(15-16-30)20(5)25(31)28-24-19(4)9-7-10-22(24)18(2)3/h7,9-12,17-18,20H,6,8,13-16H2,1-5H3,(H,28,31). The molecule has 178 valence electrons. The number of nitrogens with one attached hydrogen (secondary N) is 1. The highest BCUT2D eigenvalue weighted by Gasteiger charge is 2.25. The van der Waals surface area contributed by atoms with Gasteiger partial charge in [0.2, 0.25) is 5.91 Å². The van der Waals surface area contributed by atoms with Crippen molar-refractivity contribution in [1.29, 1.82) is 0 Å². The first-order valence-corrected chi connectivity index (χ1v) is 11.8. The fourth-order valence-electron chi connectivity index (χ4n) is 4.20. The van der Waals surface area contributed by atoms with E-state index in [4.69, 9.17) is 4.74 Å². The van der Waals surface area contributed by atoms with E-state index in [1.165, 1.54) is 0 Å². The van der Waals surface area contributed by atoms with Gasteiger partial charge in [-0.1, -0.05) is 32.0 Å². The van der Waals surface area contributed by atoms with Gasteiger partial charge in [0.25, 0.3) is 0 Å². The van der Waals surface area contributed by atoms with Crippen LogP contribution in [0.15, 0.2) is 36.5 Å².